The molecule has 1 aliphatic carbocycles. The molecule has 1 nitrogen and oxygen atoms in total. The fraction of sp³-hybridized carbons (Fsp3) is 0.286. The Morgan fingerprint density at radius 1 is 1.17 bits per heavy atom. The molecule has 0 atom stereocenters. The van der Waals surface area contributed by atoms with E-state index >= 15 is 0 Å². The molecule has 0 spiro atoms. The van der Waals surface area contributed by atoms with Crippen LogP contribution in [0.5, 0.6) is 5.75 Å². The summed E-state index contributed by atoms with van der Waals surface area (Å²) in [7, 11) is 1.46. The molecule has 0 bridgehead atoms. The maximum absolute atomic E-state index is 12.7. The SMILES string of the molecule is COc1ccc(C(F)(F)F)cc1C1=CCCC=C1. The molecule has 1 aromatic rings. The zero-order chi connectivity index (χ0) is 13.2. The van der Waals surface area contributed by atoms with Crippen LogP contribution in [0.2, 0.25) is 0 Å². The average Bonchev–Trinajstić information content (AvgIpc) is 2.38. The smallest absolute Gasteiger partial charge is 0.416 e. The maximum Gasteiger partial charge on any atom is 0.416 e. The zero-order valence-electron chi connectivity index (χ0n) is 9.92. The Morgan fingerprint density at radius 2 is 1.94 bits per heavy atom. The van der Waals surface area contributed by atoms with Crippen LogP contribution >= 0.6 is 0 Å². The number of ether oxygens (including phenoxy) is 1. The largest absolute Gasteiger partial charge is 0.496 e. The van der Waals surface area contributed by atoms with Gasteiger partial charge >= 0.3 is 6.18 Å². The number of rotatable bonds is 2. The molecular formula is C14H13F3O. The van der Waals surface area contributed by atoms with E-state index in [0.717, 1.165) is 30.5 Å². The first-order chi connectivity index (χ1) is 8.52. The third kappa shape index (κ3) is 2.58. The summed E-state index contributed by atoms with van der Waals surface area (Å²) in [4.78, 5) is 0. The van der Waals surface area contributed by atoms with E-state index in [1.165, 1.54) is 13.2 Å². The molecule has 0 radical (unpaired) electrons. The Balaban J connectivity index is 2.49. The van der Waals surface area contributed by atoms with Gasteiger partial charge in [0.15, 0.2) is 0 Å². The molecule has 2 rings (SSSR count). The van der Waals surface area contributed by atoms with E-state index in [1.54, 1.807) is 0 Å². The highest BCUT2D eigenvalue weighted by atomic mass is 19.4. The third-order valence-electron chi connectivity index (χ3n) is 2.83. The van der Waals surface area contributed by atoms with Crippen LogP contribution in [-0.2, 0) is 6.18 Å². The fourth-order valence-corrected chi connectivity index (χ4v) is 1.92. The first-order valence-corrected chi connectivity index (χ1v) is 5.64. The van der Waals surface area contributed by atoms with E-state index < -0.39 is 11.7 Å². The summed E-state index contributed by atoms with van der Waals surface area (Å²) in [5.41, 5.74) is 0.616. The van der Waals surface area contributed by atoms with Crippen molar-refractivity contribution in [3.8, 4) is 5.75 Å². The average molecular weight is 254 g/mol. The molecular weight excluding hydrogens is 241 g/mol. The number of hydrogen-bond acceptors (Lipinski definition) is 1. The summed E-state index contributed by atoms with van der Waals surface area (Å²) < 4.78 is 43.2. The number of methoxy groups -OCH3 is 1. The van der Waals surface area contributed by atoms with Gasteiger partial charge in [0, 0.05) is 5.56 Å². The van der Waals surface area contributed by atoms with E-state index in [0.29, 0.717) is 11.3 Å². The third-order valence-corrected chi connectivity index (χ3v) is 2.83. The number of benzene rings is 1. The van der Waals surface area contributed by atoms with Crippen molar-refractivity contribution < 1.29 is 17.9 Å². The minimum absolute atomic E-state index is 0.459. The number of allylic oxidation sites excluding steroid dienone is 4. The molecule has 0 aromatic heterocycles. The fourth-order valence-electron chi connectivity index (χ4n) is 1.92. The summed E-state index contributed by atoms with van der Waals surface area (Å²) in [6.07, 6.45) is 3.14. The quantitative estimate of drug-likeness (QED) is 0.757. The highest BCUT2D eigenvalue weighted by Gasteiger charge is 2.31. The highest BCUT2D eigenvalue weighted by molar-refractivity contribution is 5.78. The molecule has 0 amide bonds. The molecule has 18 heavy (non-hydrogen) atoms. The minimum atomic E-state index is -4.33. The highest BCUT2D eigenvalue weighted by Crippen LogP contribution is 2.36. The molecule has 0 aliphatic heterocycles. The normalized spacial score (nSPS) is 15.4. The van der Waals surface area contributed by atoms with Crippen molar-refractivity contribution in [2.45, 2.75) is 19.0 Å². The molecule has 96 valence electrons. The van der Waals surface area contributed by atoms with Gasteiger partial charge in [-0.3, -0.25) is 0 Å². The van der Waals surface area contributed by atoms with Gasteiger partial charge in [0.2, 0.25) is 0 Å². The second-order valence-corrected chi connectivity index (χ2v) is 4.05. The topological polar surface area (TPSA) is 9.23 Å². The minimum Gasteiger partial charge on any atom is -0.496 e. The summed E-state index contributed by atoms with van der Waals surface area (Å²) in [5.74, 6) is 0.459. The van der Waals surface area contributed by atoms with Crippen LogP contribution in [0.4, 0.5) is 13.2 Å². The predicted molar refractivity (Wildman–Crippen MR) is 64.3 cm³/mol. The summed E-state index contributed by atoms with van der Waals surface area (Å²) >= 11 is 0. The van der Waals surface area contributed by atoms with E-state index in [9.17, 15) is 13.2 Å². The van der Waals surface area contributed by atoms with E-state index in [1.807, 2.05) is 18.2 Å². The van der Waals surface area contributed by atoms with Gasteiger partial charge < -0.3 is 4.74 Å². The molecule has 0 fully saturated rings. The van der Waals surface area contributed by atoms with Crippen LogP contribution in [0.1, 0.15) is 24.0 Å². The van der Waals surface area contributed by atoms with E-state index in [2.05, 4.69) is 0 Å². The number of hydrogen-bond donors (Lipinski definition) is 0. The van der Waals surface area contributed by atoms with Gasteiger partial charge in [-0.2, -0.15) is 13.2 Å². The lowest BCUT2D eigenvalue weighted by Gasteiger charge is -2.15. The van der Waals surface area contributed by atoms with Gasteiger partial charge in [-0.1, -0.05) is 18.2 Å². The summed E-state index contributed by atoms with van der Waals surface area (Å²) in [6.45, 7) is 0. The van der Waals surface area contributed by atoms with Crippen molar-refractivity contribution in [2.24, 2.45) is 0 Å². The zero-order valence-corrected chi connectivity index (χ0v) is 9.92. The number of halogens is 3. The second kappa shape index (κ2) is 4.88. The number of alkyl halides is 3. The van der Waals surface area contributed by atoms with E-state index in [-0.39, 0.29) is 0 Å². The van der Waals surface area contributed by atoms with Crippen LogP contribution < -0.4 is 4.74 Å². The van der Waals surface area contributed by atoms with Crippen LogP contribution in [-0.4, -0.2) is 7.11 Å². The lowest BCUT2D eigenvalue weighted by Crippen LogP contribution is -2.06. The van der Waals surface area contributed by atoms with Crippen molar-refractivity contribution in [1.82, 2.24) is 0 Å². The summed E-state index contributed by atoms with van der Waals surface area (Å²) in [5, 5.41) is 0. The Labute approximate surface area is 104 Å². The van der Waals surface area contributed by atoms with Crippen molar-refractivity contribution in [3.05, 3.63) is 47.6 Å². The second-order valence-electron chi connectivity index (χ2n) is 4.05. The van der Waals surface area contributed by atoms with Crippen molar-refractivity contribution in [2.75, 3.05) is 7.11 Å². The van der Waals surface area contributed by atoms with Crippen LogP contribution in [0, 0.1) is 0 Å². The monoisotopic (exact) mass is 254 g/mol. The van der Waals surface area contributed by atoms with Crippen LogP contribution in [0.3, 0.4) is 0 Å². The van der Waals surface area contributed by atoms with Crippen LogP contribution in [0.25, 0.3) is 5.57 Å². The first kappa shape index (κ1) is 12.7. The molecule has 1 aliphatic rings. The lowest BCUT2D eigenvalue weighted by molar-refractivity contribution is -0.137. The molecule has 0 saturated carbocycles. The van der Waals surface area contributed by atoms with Gasteiger partial charge in [0.25, 0.3) is 0 Å². The molecule has 4 heteroatoms. The molecule has 0 saturated heterocycles. The Hall–Kier alpha value is -1.71. The molecule has 0 N–H and O–H groups in total. The maximum atomic E-state index is 12.7. The van der Waals surface area contributed by atoms with Crippen molar-refractivity contribution in [1.29, 1.82) is 0 Å². The Morgan fingerprint density at radius 3 is 2.50 bits per heavy atom. The van der Waals surface area contributed by atoms with Crippen molar-refractivity contribution in [3.63, 3.8) is 0 Å². The van der Waals surface area contributed by atoms with Gasteiger partial charge in [-0.25, -0.2) is 0 Å². The molecule has 0 unspecified atom stereocenters. The lowest BCUT2D eigenvalue weighted by atomic mass is 9.97. The molecule has 0 heterocycles. The van der Waals surface area contributed by atoms with E-state index in [4.69, 9.17) is 4.74 Å². The van der Waals surface area contributed by atoms with Crippen LogP contribution in [0.15, 0.2) is 36.4 Å². The molecule has 1 aromatic carbocycles. The van der Waals surface area contributed by atoms with Gasteiger partial charge in [-0.15, -0.1) is 0 Å². The Kier molecular flexibility index (Phi) is 3.45. The van der Waals surface area contributed by atoms with Gasteiger partial charge in [0.05, 0.1) is 12.7 Å². The predicted octanol–water partition coefficient (Wildman–Crippen LogP) is 4.45. The van der Waals surface area contributed by atoms with Gasteiger partial charge in [0.1, 0.15) is 5.75 Å². The standard InChI is InChI=1S/C14H13F3O/c1-18-13-8-7-11(14(15,16)17)9-12(13)10-5-3-2-4-6-10/h3,5-9H,2,4H2,1H3. The first-order valence-electron chi connectivity index (χ1n) is 5.64. The summed E-state index contributed by atoms with van der Waals surface area (Å²) in [6, 6.07) is 3.54. The Bertz CT molecular complexity index is 498. The van der Waals surface area contributed by atoms with Gasteiger partial charge in [-0.05, 0) is 36.6 Å². The van der Waals surface area contributed by atoms with Crippen molar-refractivity contribution >= 4 is 5.57 Å².